The number of aryl methyl sites for hydroxylation is 1. The second kappa shape index (κ2) is 10.7. The SMILES string of the molecule is Cc1nc(Oc2ccc(NS(=O)CC3CC3)c3ccccc23)c(-c2ccnc(NC3CCCNC3)n2)s1. The summed E-state index contributed by atoms with van der Waals surface area (Å²) in [7, 11) is -1.10. The molecule has 37 heavy (non-hydrogen) atoms. The van der Waals surface area contributed by atoms with Gasteiger partial charge in [-0.05, 0) is 63.3 Å². The van der Waals surface area contributed by atoms with Crippen molar-refractivity contribution in [2.24, 2.45) is 5.92 Å². The summed E-state index contributed by atoms with van der Waals surface area (Å²) >= 11 is 1.55. The van der Waals surface area contributed by atoms with Crippen molar-refractivity contribution in [3.63, 3.8) is 0 Å². The molecule has 2 aromatic heterocycles. The van der Waals surface area contributed by atoms with Crippen LogP contribution in [-0.2, 0) is 11.0 Å². The summed E-state index contributed by atoms with van der Waals surface area (Å²) in [4.78, 5) is 14.8. The Balaban J connectivity index is 1.27. The predicted octanol–water partition coefficient (Wildman–Crippen LogP) is 5.50. The van der Waals surface area contributed by atoms with E-state index < -0.39 is 11.0 Å². The van der Waals surface area contributed by atoms with Crippen molar-refractivity contribution in [3.05, 3.63) is 53.7 Å². The number of nitrogens with zero attached hydrogens (tertiary/aromatic N) is 3. The molecule has 10 heteroatoms. The average molecular weight is 535 g/mol. The zero-order valence-electron chi connectivity index (χ0n) is 20.7. The topological polar surface area (TPSA) is 101 Å². The Labute approximate surface area is 222 Å². The third-order valence-electron chi connectivity index (χ3n) is 6.62. The maximum atomic E-state index is 12.6. The van der Waals surface area contributed by atoms with E-state index in [-0.39, 0.29) is 0 Å². The molecule has 1 saturated heterocycles. The monoisotopic (exact) mass is 534 g/mol. The smallest absolute Gasteiger partial charge is 0.240 e. The number of hydrogen-bond acceptors (Lipinski definition) is 8. The van der Waals surface area contributed by atoms with Gasteiger partial charge in [0.25, 0.3) is 0 Å². The van der Waals surface area contributed by atoms with Gasteiger partial charge in [0.2, 0.25) is 11.8 Å². The molecule has 4 aromatic rings. The first-order chi connectivity index (χ1) is 18.1. The number of fused-ring (bicyclic) bond motifs is 1. The van der Waals surface area contributed by atoms with E-state index >= 15 is 0 Å². The summed E-state index contributed by atoms with van der Waals surface area (Å²) in [6.07, 6.45) is 6.37. The molecule has 1 saturated carbocycles. The second-order valence-corrected chi connectivity index (χ2v) is 12.1. The van der Waals surface area contributed by atoms with Crippen molar-refractivity contribution < 1.29 is 8.95 Å². The standard InChI is InChI=1S/C27H30N6O2S2/c1-17-30-26(25(36-17)23-12-14-29-27(32-23)31-19-5-4-13-28-15-19)35-24-11-10-22(20-6-2-3-7-21(20)24)33-37(34)16-18-8-9-18/h2-3,6-7,10-12,14,18-19,28,33H,4-5,8-9,13,15-16H2,1H3,(H,29,31,32). The molecule has 0 amide bonds. The third-order valence-corrected chi connectivity index (χ3v) is 8.82. The van der Waals surface area contributed by atoms with Crippen LogP contribution in [0.25, 0.3) is 21.3 Å². The molecule has 0 spiro atoms. The molecule has 2 atom stereocenters. The molecule has 2 aromatic carbocycles. The molecular weight excluding hydrogens is 504 g/mol. The minimum atomic E-state index is -1.10. The van der Waals surface area contributed by atoms with Crippen LogP contribution in [-0.4, -0.2) is 44.0 Å². The lowest BCUT2D eigenvalue weighted by Gasteiger charge is -2.23. The maximum Gasteiger partial charge on any atom is 0.240 e. The molecule has 6 rings (SSSR count). The van der Waals surface area contributed by atoms with Crippen LogP contribution in [0.15, 0.2) is 48.7 Å². The van der Waals surface area contributed by atoms with Crippen molar-refractivity contribution in [1.29, 1.82) is 0 Å². The van der Waals surface area contributed by atoms with Crippen molar-refractivity contribution in [2.45, 2.75) is 38.6 Å². The van der Waals surface area contributed by atoms with Crippen LogP contribution in [0.1, 0.15) is 30.7 Å². The lowest BCUT2D eigenvalue weighted by molar-refractivity contribution is 0.472. The summed E-state index contributed by atoms with van der Waals surface area (Å²) in [6.45, 7) is 3.94. The van der Waals surface area contributed by atoms with Gasteiger partial charge >= 0.3 is 0 Å². The highest BCUT2D eigenvalue weighted by molar-refractivity contribution is 7.86. The van der Waals surface area contributed by atoms with Crippen LogP contribution in [0.4, 0.5) is 11.6 Å². The van der Waals surface area contributed by atoms with Gasteiger partial charge in [0.05, 0.1) is 16.4 Å². The Morgan fingerprint density at radius 1 is 1.11 bits per heavy atom. The fourth-order valence-corrected chi connectivity index (χ4v) is 6.65. The molecular formula is C27H30N6O2S2. The first-order valence-electron chi connectivity index (χ1n) is 12.7. The van der Waals surface area contributed by atoms with Gasteiger partial charge in [-0.1, -0.05) is 24.3 Å². The zero-order chi connectivity index (χ0) is 25.2. The number of aromatic nitrogens is 3. The number of piperidine rings is 1. The van der Waals surface area contributed by atoms with E-state index in [0.717, 1.165) is 58.0 Å². The molecule has 1 aliphatic heterocycles. The molecule has 192 valence electrons. The Morgan fingerprint density at radius 3 is 2.78 bits per heavy atom. The molecule has 0 bridgehead atoms. The quantitative estimate of drug-likeness (QED) is 0.261. The number of rotatable bonds is 9. The van der Waals surface area contributed by atoms with Crippen LogP contribution < -0.4 is 20.1 Å². The van der Waals surface area contributed by atoms with Crippen molar-refractivity contribution in [1.82, 2.24) is 20.3 Å². The highest BCUT2D eigenvalue weighted by Crippen LogP contribution is 2.40. The van der Waals surface area contributed by atoms with Gasteiger partial charge < -0.3 is 20.1 Å². The summed E-state index contributed by atoms with van der Waals surface area (Å²) in [5, 5.41) is 9.66. The summed E-state index contributed by atoms with van der Waals surface area (Å²) in [6, 6.07) is 14.1. The second-order valence-electron chi connectivity index (χ2n) is 9.64. The number of hydrogen-bond donors (Lipinski definition) is 3. The highest BCUT2D eigenvalue weighted by Gasteiger charge is 2.24. The maximum absolute atomic E-state index is 12.6. The summed E-state index contributed by atoms with van der Waals surface area (Å²) in [5.41, 5.74) is 1.63. The van der Waals surface area contributed by atoms with E-state index in [4.69, 9.17) is 9.72 Å². The van der Waals surface area contributed by atoms with Gasteiger partial charge in [0.1, 0.15) is 21.6 Å². The number of thiazole rings is 1. The fraction of sp³-hybridized carbons (Fsp3) is 0.370. The number of anilines is 2. The van der Waals surface area contributed by atoms with E-state index in [0.29, 0.717) is 35.3 Å². The van der Waals surface area contributed by atoms with E-state index in [2.05, 4.69) is 25.3 Å². The van der Waals surface area contributed by atoms with Gasteiger partial charge in [0.15, 0.2) is 0 Å². The largest absolute Gasteiger partial charge is 0.437 e. The van der Waals surface area contributed by atoms with Crippen molar-refractivity contribution in [3.8, 4) is 22.2 Å². The Hall–Kier alpha value is -3.08. The van der Waals surface area contributed by atoms with Gasteiger partial charge in [-0.15, -0.1) is 11.3 Å². The van der Waals surface area contributed by atoms with Crippen LogP contribution in [0, 0.1) is 12.8 Å². The Bertz CT molecular complexity index is 1430. The third kappa shape index (κ3) is 5.76. The summed E-state index contributed by atoms with van der Waals surface area (Å²) < 4.78 is 22.2. The van der Waals surface area contributed by atoms with E-state index in [1.165, 1.54) is 12.8 Å². The molecule has 1 aliphatic carbocycles. The molecule has 3 N–H and O–H groups in total. The zero-order valence-corrected chi connectivity index (χ0v) is 22.3. The average Bonchev–Trinajstić information content (AvgIpc) is 3.65. The highest BCUT2D eigenvalue weighted by atomic mass is 32.2. The number of nitrogens with one attached hydrogen (secondary N) is 3. The molecule has 2 fully saturated rings. The lowest BCUT2D eigenvalue weighted by Crippen LogP contribution is -2.38. The molecule has 2 unspecified atom stereocenters. The van der Waals surface area contributed by atoms with Crippen molar-refractivity contribution in [2.75, 3.05) is 28.9 Å². The van der Waals surface area contributed by atoms with Gasteiger partial charge in [0, 0.05) is 35.3 Å². The van der Waals surface area contributed by atoms with Gasteiger partial charge in [-0.3, -0.25) is 0 Å². The minimum absolute atomic E-state index is 0.319. The summed E-state index contributed by atoms with van der Waals surface area (Å²) in [5.74, 6) is 3.12. The fourth-order valence-electron chi connectivity index (χ4n) is 4.57. The number of ether oxygens (including phenoxy) is 1. The van der Waals surface area contributed by atoms with E-state index in [9.17, 15) is 4.21 Å². The first kappa shape index (κ1) is 24.3. The minimum Gasteiger partial charge on any atom is -0.437 e. The molecule has 0 radical (unpaired) electrons. The van der Waals surface area contributed by atoms with Crippen LogP contribution >= 0.6 is 11.3 Å². The van der Waals surface area contributed by atoms with Crippen LogP contribution in [0.5, 0.6) is 11.6 Å². The first-order valence-corrected chi connectivity index (χ1v) is 14.9. The van der Waals surface area contributed by atoms with Crippen LogP contribution in [0.2, 0.25) is 0 Å². The molecule has 3 heterocycles. The van der Waals surface area contributed by atoms with E-state index in [1.54, 1.807) is 17.5 Å². The molecule has 2 aliphatic rings. The normalized spacial score (nSPS) is 18.5. The van der Waals surface area contributed by atoms with E-state index in [1.807, 2.05) is 49.4 Å². The predicted molar refractivity (Wildman–Crippen MR) is 151 cm³/mol. The van der Waals surface area contributed by atoms with Gasteiger partial charge in [-0.25, -0.2) is 19.2 Å². The van der Waals surface area contributed by atoms with Crippen LogP contribution in [0.3, 0.4) is 0 Å². The Morgan fingerprint density at radius 2 is 1.97 bits per heavy atom. The number of benzene rings is 2. The van der Waals surface area contributed by atoms with Gasteiger partial charge in [-0.2, -0.15) is 0 Å². The lowest BCUT2D eigenvalue weighted by atomic mass is 10.1. The Kier molecular flexibility index (Phi) is 7.04. The van der Waals surface area contributed by atoms with Crippen molar-refractivity contribution >= 4 is 44.7 Å². The molecule has 8 nitrogen and oxygen atoms in total.